The number of hydrogen-bond acceptors (Lipinski definition) is 3. The summed E-state index contributed by atoms with van der Waals surface area (Å²) in [6.07, 6.45) is 7.97. The van der Waals surface area contributed by atoms with E-state index < -0.39 is 0 Å². The Hall–Kier alpha value is -2.94. The molecule has 0 radical (unpaired) electrons. The molecule has 1 aromatic heterocycles. The minimum atomic E-state index is 0.519. The van der Waals surface area contributed by atoms with Crippen LogP contribution in [-0.4, -0.2) is 10.2 Å². The van der Waals surface area contributed by atoms with Crippen LogP contribution in [0.3, 0.4) is 0 Å². The molecule has 0 amide bonds. The van der Waals surface area contributed by atoms with Crippen LogP contribution in [0.15, 0.2) is 59.0 Å². The Labute approximate surface area is 129 Å². The van der Waals surface area contributed by atoms with Crippen LogP contribution in [0, 0.1) is 6.92 Å². The molecule has 0 spiro atoms. The van der Waals surface area contributed by atoms with Crippen LogP contribution in [0.1, 0.15) is 28.5 Å². The van der Waals surface area contributed by atoms with Crippen molar-refractivity contribution >= 4 is 24.3 Å². The summed E-state index contributed by atoms with van der Waals surface area (Å²) in [4.78, 5) is 0. The van der Waals surface area contributed by atoms with Crippen LogP contribution in [0.4, 0.5) is 0 Å². The molecule has 0 aliphatic heterocycles. The lowest BCUT2D eigenvalue weighted by Crippen LogP contribution is -1.76. The van der Waals surface area contributed by atoms with Gasteiger partial charge in [0.15, 0.2) is 0 Å². The zero-order valence-electron chi connectivity index (χ0n) is 12.3. The molecule has 22 heavy (non-hydrogen) atoms. The highest BCUT2D eigenvalue weighted by Crippen LogP contribution is 2.12. The lowest BCUT2D eigenvalue weighted by Gasteiger charge is -1.96. The number of aryl methyl sites for hydroxylation is 1. The fraction of sp³-hybridized carbons (Fsp3) is 0.0526. The summed E-state index contributed by atoms with van der Waals surface area (Å²) in [5.74, 6) is 1.09. The van der Waals surface area contributed by atoms with Gasteiger partial charge in [0, 0.05) is 13.0 Å². The van der Waals surface area contributed by atoms with Gasteiger partial charge in [-0.15, -0.1) is 10.2 Å². The molecule has 0 unspecified atom stereocenters. The van der Waals surface area contributed by atoms with E-state index in [2.05, 4.69) is 58.7 Å². The molecule has 3 aromatic rings. The zero-order chi connectivity index (χ0) is 15.2. The minimum absolute atomic E-state index is 0.519. The van der Waals surface area contributed by atoms with Gasteiger partial charge in [-0.1, -0.05) is 66.7 Å². The summed E-state index contributed by atoms with van der Waals surface area (Å²) in [7, 11) is 0. The van der Waals surface area contributed by atoms with Crippen LogP contribution in [0.5, 0.6) is 0 Å². The van der Waals surface area contributed by atoms with E-state index >= 15 is 0 Å². The minimum Gasteiger partial charge on any atom is -0.422 e. The Kier molecular flexibility index (Phi) is 4.25. The van der Waals surface area contributed by atoms with Crippen molar-refractivity contribution in [1.82, 2.24) is 10.2 Å². The fourth-order valence-corrected chi connectivity index (χ4v) is 2.02. The third-order valence-corrected chi connectivity index (χ3v) is 3.16. The Balaban J connectivity index is 1.67. The van der Waals surface area contributed by atoms with E-state index in [-0.39, 0.29) is 0 Å². The summed E-state index contributed by atoms with van der Waals surface area (Å²) in [6.45, 7) is 1.78. The van der Waals surface area contributed by atoms with Gasteiger partial charge in [-0.25, -0.2) is 0 Å². The number of nitrogens with zero attached hydrogens (tertiary/aromatic N) is 2. The van der Waals surface area contributed by atoms with Crippen molar-refractivity contribution in [3.8, 4) is 0 Å². The van der Waals surface area contributed by atoms with Gasteiger partial charge in [-0.2, -0.15) is 0 Å². The number of aromatic nitrogens is 2. The van der Waals surface area contributed by atoms with Gasteiger partial charge in [0.25, 0.3) is 0 Å². The largest absolute Gasteiger partial charge is 0.422 e. The second kappa shape index (κ2) is 6.68. The summed E-state index contributed by atoms with van der Waals surface area (Å²) in [5, 5.41) is 7.72. The third kappa shape index (κ3) is 3.79. The van der Waals surface area contributed by atoms with Crippen LogP contribution in [0.2, 0.25) is 0 Å². The summed E-state index contributed by atoms with van der Waals surface area (Å²) in [5.41, 5.74) is 3.44. The number of rotatable bonds is 4. The molecule has 108 valence electrons. The van der Waals surface area contributed by atoms with E-state index in [9.17, 15) is 0 Å². The summed E-state index contributed by atoms with van der Waals surface area (Å²) < 4.78 is 5.30. The molecule has 0 aliphatic carbocycles. The van der Waals surface area contributed by atoms with E-state index in [1.807, 2.05) is 30.4 Å². The van der Waals surface area contributed by atoms with Gasteiger partial charge < -0.3 is 4.42 Å². The van der Waals surface area contributed by atoms with Crippen molar-refractivity contribution in [2.45, 2.75) is 6.92 Å². The normalized spacial score (nSPS) is 11.5. The maximum Gasteiger partial charge on any atom is 0.240 e. The van der Waals surface area contributed by atoms with E-state index in [1.54, 1.807) is 6.92 Å². The first-order valence-electron chi connectivity index (χ1n) is 7.11. The van der Waals surface area contributed by atoms with Gasteiger partial charge in [0.2, 0.25) is 11.8 Å². The molecular formula is C19H16N2O. The molecule has 3 nitrogen and oxygen atoms in total. The molecule has 0 saturated carbocycles. The molecule has 0 saturated heterocycles. The quantitative estimate of drug-likeness (QED) is 0.652. The Morgan fingerprint density at radius 2 is 1.23 bits per heavy atom. The standard InChI is InChI=1S/C19H16N2O/c1-15-20-21-19(22-15)14-13-18-11-9-17(10-12-18)8-7-16-5-3-2-4-6-16/h2-14H,1H3/b8-7+,14-13+. The number of benzene rings is 2. The Morgan fingerprint density at radius 1 is 0.682 bits per heavy atom. The van der Waals surface area contributed by atoms with Gasteiger partial charge >= 0.3 is 0 Å². The van der Waals surface area contributed by atoms with Crippen molar-refractivity contribution < 1.29 is 4.42 Å². The lowest BCUT2D eigenvalue weighted by atomic mass is 10.1. The average molecular weight is 288 g/mol. The molecule has 0 fully saturated rings. The first-order chi connectivity index (χ1) is 10.8. The number of hydrogen-bond donors (Lipinski definition) is 0. The van der Waals surface area contributed by atoms with Crippen LogP contribution in [0.25, 0.3) is 24.3 Å². The summed E-state index contributed by atoms with van der Waals surface area (Å²) in [6, 6.07) is 18.5. The second-order valence-electron chi connectivity index (χ2n) is 4.90. The Morgan fingerprint density at radius 3 is 1.77 bits per heavy atom. The zero-order valence-corrected chi connectivity index (χ0v) is 12.3. The van der Waals surface area contributed by atoms with E-state index in [0.717, 1.165) is 11.1 Å². The van der Waals surface area contributed by atoms with Gasteiger partial charge in [0.05, 0.1) is 0 Å². The highest BCUT2D eigenvalue weighted by molar-refractivity contribution is 5.71. The molecule has 0 N–H and O–H groups in total. The molecule has 2 aromatic carbocycles. The van der Waals surface area contributed by atoms with Crippen molar-refractivity contribution in [2.24, 2.45) is 0 Å². The van der Waals surface area contributed by atoms with Gasteiger partial charge in [0.1, 0.15) is 0 Å². The van der Waals surface area contributed by atoms with Crippen molar-refractivity contribution in [1.29, 1.82) is 0 Å². The van der Waals surface area contributed by atoms with Gasteiger partial charge in [-0.3, -0.25) is 0 Å². The van der Waals surface area contributed by atoms with E-state index in [1.165, 1.54) is 5.56 Å². The highest BCUT2D eigenvalue weighted by Gasteiger charge is 1.96. The van der Waals surface area contributed by atoms with Crippen LogP contribution >= 0.6 is 0 Å². The predicted molar refractivity (Wildman–Crippen MR) is 89.8 cm³/mol. The predicted octanol–water partition coefficient (Wildman–Crippen LogP) is 4.72. The summed E-state index contributed by atoms with van der Waals surface area (Å²) >= 11 is 0. The van der Waals surface area contributed by atoms with Gasteiger partial charge in [-0.05, 0) is 22.8 Å². The third-order valence-electron chi connectivity index (χ3n) is 3.16. The average Bonchev–Trinajstić information content (AvgIpc) is 2.98. The molecule has 0 bridgehead atoms. The van der Waals surface area contributed by atoms with Crippen molar-refractivity contribution in [3.05, 3.63) is 83.1 Å². The highest BCUT2D eigenvalue weighted by atomic mass is 16.4. The van der Waals surface area contributed by atoms with Crippen molar-refractivity contribution in [2.75, 3.05) is 0 Å². The monoisotopic (exact) mass is 288 g/mol. The second-order valence-corrected chi connectivity index (χ2v) is 4.90. The van der Waals surface area contributed by atoms with E-state index in [4.69, 9.17) is 4.42 Å². The maximum atomic E-state index is 5.30. The first-order valence-corrected chi connectivity index (χ1v) is 7.11. The molecule has 3 heteroatoms. The topological polar surface area (TPSA) is 38.9 Å². The first kappa shape index (κ1) is 14.0. The molecule has 0 atom stereocenters. The SMILES string of the molecule is Cc1nnc(/C=C/c2ccc(/C=C/c3ccccc3)cc2)o1. The maximum absolute atomic E-state index is 5.30. The Bertz CT molecular complexity index is 784. The van der Waals surface area contributed by atoms with Crippen LogP contribution < -0.4 is 0 Å². The smallest absolute Gasteiger partial charge is 0.240 e. The fourth-order valence-electron chi connectivity index (χ4n) is 2.02. The lowest BCUT2D eigenvalue weighted by molar-refractivity contribution is 0.510. The molecule has 3 rings (SSSR count). The molecule has 1 heterocycles. The molecular weight excluding hydrogens is 272 g/mol. The van der Waals surface area contributed by atoms with Crippen molar-refractivity contribution in [3.63, 3.8) is 0 Å². The van der Waals surface area contributed by atoms with E-state index in [0.29, 0.717) is 11.8 Å². The molecule has 0 aliphatic rings. The van der Waals surface area contributed by atoms with Crippen LogP contribution in [-0.2, 0) is 0 Å².